The molecule has 0 amide bonds. The van der Waals surface area contributed by atoms with Crippen LogP contribution in [0.2, 0.25) is 0 Å². The molecule has 2 aromatic rings. The first kappa shape index (κ1) is 11.9. The monoisotopic (exact) mass is 291 g/mol. The first-order valence-electron chi connectivity index (χ1n) is 5.28. The molecule has 0 fully saturated rings. The van der Waals surface area contributed by atoms with Crippen molar-refractivity contribution >= 4 is 21.7 Å². The van der Waals surface area contributed by atoms with Gasteiger partial charge in [0, 0.05) is 5.56 Å². The van der Waals surface area contributed by atoms with Crippen molar-refractivity contribution in [1.82, 2.24) is 4.98 Å². The Bertz CT molecular complexity index is 514. The molecular formula is C13H12BrN2O+. The summed E-state index contributed by atoms with van der Waals surface area (Å²) in [5, 5.41) is 0.683. The van der Waals surface area contributed by atoms with Gasteiger partial charge in [0.25, 0.3) is 0 Å². The molecule has 0 atom stereocenters. The Morgan fingerprint density at radius 2 is 2.06 bits per heavy atom. The lowest BCUT2D eigenvalue weighted by molar-refractivity contribution is -0.690. The normalized spacial score (nSPS) is 10.2. The van der Waals surface area contributed by atoms with Crippen LogP contribution in [0.15, 0.2) is 48.9 Å². The number of rotatable bonds is 4. The number of hydrogen-bond acceptors (Lipinski definition) is 2. The van der Waals surface area contributed by atoms with Crippen molar-refractivity contribution in [1.29, 1.82) is 0 Å². The van der Waals surface area contributed by atoms with Gasteiger partial charge < -0.3 is 0 Å². The van der Waals surface area contributed by atoms with Crippen LogP contribution < -0.4 is 4.57 Å². The summed E-state index contributed by atoms with van der Waals surface area (Å²) in [7, 11) is 0. The molecule has 1 aromatic heterocycles. The molecule has 1 aromatic carbocycles. The number of aromatic nitrogens is 2. The summed E-state index contributed by atoms with van der Waals surface area (Å²) in [4.78, 5) is 16.1. The van der Waals surface area contributed by atoms with Crippen LogP contribution in [-0.4, -0.2) is 10.8 Å². The Hall–Kier alpha value is -1.55. The van der Waals surface area contributed by atoms with Crippen LogP contribution in [0, 0.1) is 0 Å². The number of carbonyl (C=O) groups excluding carboxylic acids is 1. The first-order valence-corrected chi connectivity index (χ1v) is 6.40. The minimum absolute atomic E-state index is 0.101. The van der Waals surface area contributed by atoms with Gasteiger partial charge in [-0.3, -0.25) is 9.78 Å². The Balaban J connectivity index is 2.19. The summed E-state index contributed by atoms with van der Waals surface area (Å²) < 4.78 is 1.90. The highest BCUT2D eigenvalue weighted by Crippen LogP contribution is 2.01. The SMILES string of the molecule is O=C(C[n+]1ccncc1CBr)c1ccccc1. The lowest BCUT2D eigenvalue weighted by Crippen LogP contribution is -2.41. The molecule has 1 heterocycles. The van der Waals surface area contributed by atoms with E-state index in [1.165, 1.54) is 0 Å². The van der Waals surface area contributed by atoms with E-state index in [0.29, 0.717) is 11.9 Å². The number of benzene rings is 1. The Labute approximate surface area is 108 Å². The molecule has 3 nitrogen and oxygen atoms in total. The topological polar surface area (TPSA) is 33.8 Å². The van der Waals surface area contributed by atoms with E-state index in [1.807, 2.05) is 41.1 Å². The molecule has 86 valence electrons. The lowest BCUT2D eigenvalue weighted by Gasteiger charge is -2.00. The van der Waals surface area contributed by atoms with E-state index in [2.05, 4.69) is 20.9 Å². The van der Waals surface area contributed by atoms with Gasteiger partial charge in [0.05, 0.1) is 17.7 Å². The molecule has 17 heavy (non-hydrogen) atoms. The number of halogens is 1. The zero-order chi connectivity index (χ0) is 12.1. The van der Waals surface area contributed by atoms with Crippen LogP contribution >= 0.6 is 15.9 Å². The maximum absolute atomic E-state index is 12.0. The predicted molar refractivity (Wildman–Crippen MR) is 67.8 cm³/mol. The molecule has 0 aliphatic rings. The second kappa shape index (κ2) is 5.68. The van der Waals surface area contributed by atoms with Crippen molar-refractivity contribution in [2.75, 3.05) is 0 Å². The van der Waals surface area contributed by atoms with Gasteiger partial charge in [0.1, 0.15) is 0 Å². The van der Waals surface area contributed by atoms with Crippen molar-refractivity contribution in [3.05, 3.63) is 60.2 Å². The summed E-state index contributed by atoms with van der Waals surface area (Å²) in [5.41, 5.74) is 1.72. The van der Waals surface area contributed by atoms with Gasteiger partial charge in [-0.05, 0) is 0 Å². The lowest BCUT2D eigenvalue weighted by atomic mass is 10.1. The quantitative estimate of drug-likeness (QED) is 0.491. The summed E-state index contributed by atoms with van der Waals surface area (Å²) in [5.74, 6) is 0.101. The molecule has 0 spiro atoms. The number of alkyl halides is 1. The van der Waals surface area contributed by atoms with Gasteiger partial charge >= 0.3 is 0 Å². The molecule has 0 N–H and O–H groups in total. The largest absolute Gasteiger partial charge is 0.287 e. The van der Waals surface area contributed by atoms with E-state index >= 15 is 0 Å². The number of Topliss-reactive ketones (excluding diaryl/α,β-unsaturated/α-hetero) is 1. The van der Waals surface area contributed by atoms with E-state index < -0.39 is 0 Å². The summed E-state index contributed by atoms with van der Waals surface area (Å²) in [6.07, 6.45) is 5.26. The maximum atomic E-state index is 12.0. The molecule has 0 unspecified atom stereocenters. The highest BCUT2D eigenvalue weighted by molar-refractivity contribution is 9.08. The average molecular weight is 292 g/mol. The molecule has 2 rings (SSSR count). The van der Waals surface area contributed by atoms with Crippen LogP contribution in [0.5, 0.6) is 0 Å². The molecular weight excluding hydrogens is 280 g/mol. The smallest absolute Gasteiger partial charge is 0.227 e. The van der Waals surface area contributed by atoms with Crippen molar-refractivity contribution in [3.63, 3.8) is 0 Å². The molecule has 0 aliphatic heterocycles. The van der Waals surface area contributed by atoms with Gasteiger partial charge in [-0.1, -0.05) is 46.3 Å². The molecule has 0 aliphatic carbocycles. The zero-order valence-electron chi connectivity index (χ0n) is 9.21. The molecule has 0 radical (unpaired) electrons. The van der Waals surface area contributed by atoms with Gasteiger partial charge in [0.2, 0.25) is 18.0 Å². The minimum atomic E-state index is 0.101. The molecule has 0 saturated carbocycles. The number of carbonyl (C=O) groups is 1. The van der Waals surface area contributed by atoms with Gasteiger partial charge in [-0.25, -0.2) is 0 Å². The van der Waals surface area contributed by atoms with Crippen molar-refractivity contribution < 1.29 is 9.36 Å². The summed E-state index contributed by atoms with van der Waals surface area (Å²) >= 11 is 3.38. The first-order chi connectivity index (χ1) is 8.31. The zero-order valence-corrected chi connectivity index (χ0v) is 10.8. The van der Waals surface area contributed by atoms with E-state index in [1.54, 1.807) is 12.4 Å². The van der Waals surface area contributed by atoms with Gasteiger partial charge in [-0.2, -0.15) is 4.57 Å². The standard InChI is InChI=1S/C13H12BrN2O/c14-8-12-9-15-6-7-16(12)10-13(17)11-4-2-1-3-5-11/h1-7,9H,8,10H2/q+1. The highest BCUT2D eigenvalue weighted by atomic mass is 79.9. The number of nitrogens with zero attached hydrogens (tertiary/aromatic N) is 2. The van der Waals surface area contributed by atoms with E-state index in [9.17, 15) is 4.79 Å². The Morgan fingerprint density at radius 1 is 1.29 bits per heavy atom. The third-order valence-corrected chi connectivity index (χ3v) is 3.05. The average Bonchev–Trinajstić information content (AvgIpc) is 2.40. The fraction of sp³-hybridized carbons (Fsp3) is 0.154. The summed E-state index contributed by atoms with van der Waals surface area (Å²) in [6, 6.07) is 9.31. The van der Waals surface area contributed by atoms with Gasteiger partial charge in [0.15, 0.2) is 6.20 Å². The Morgan fingerprint density at radius 3 is 2.76 bits per heavy atom. The fourth-order valence-corrected chi connectivity index (χ4v) is 2.02. The van der Waals surface area contributed by atoms with Crippen LogP contribution in [0.25, 0.3) is 0 Å². The molecule has 4 heteroatoms. The predicted octanol–water partition coefficient (Wildman–Crippen LogP) is 2.15. The maximum Gasteiger partial charge on any atom is 0.227 e. The van der Waals surface area contributed by atoms with Crippen LogP contribution in [0.3, 0.4) is 0 Å². The second-order valence-corrected chi connectivity index (χ2v) is 4.18. The number of ketones is 1. The van der Waals surface area contributed by atoms with Crippen LogP contribution in [0.4, 0.5) is 0 Å². The molecule has 0 saturated heterocycles. The minimum Gasteiger partial charge on any atom is -0.287 e. The second-order valence-electron chi connectivity index (χ2n) is 3.62. The fourth-order valence-electron chi connectivity index (χ4n) is 1.55. The van der Waals surface area contributed by atoms with Crippen LogP contribution in [0.1, 0.15) is 16.1 Å². The van der Waals surface area contributed by atoms with E-state index in [-0.39, 0.29) is 5.78 Å². The van der Waals surface area contributed by atoms with Crippen LogP contribution in [-0.2, 0) is 11.9 Å². The number of hydrogen-bond donors (Lipinski definition) is 0. The Kier molecular flexibility index (Phi) is 3.98. The third kappa shape index (κ3) is 2.97. The van der Waals surface area contributed by atoms with Gasteiger partial charge in [-0.15, -0.1) is 0 Å². The summed E-state index contributed by atoms with van der Waals surface area (Å²) in [6.45, 7) is 0.341. The van der Waals surface area contributed by atoms with E-state index in [4.69, 9.17) is 0 Å². The van der Waals surface area contributed by atoms with E-state index in [0.717, 1.165) is 11.3 Å². The van der Waals surface area contributed by atoms with Crippen molar-refractivity contribution in [3.8, 4) is 0 Å². The van der Waals surface area contributed by atoms with Crippen molar-refractivity contribution in [2.45, 2.75) is 11.9 Å². The highest BCUT2D eigenvalue weighted by Gasteiger charge is 2.15. The van der Waals surface area contributed by atoms with Crippen molar-refractivity contribution in [2.24, 2.45) is 0 Å². The third-order valence-electron chi connectivity index (χ3n) is 2.47. The molecule has 0 bridgehead atoms.